The van der Waals surface area contributed by atoms with E-state index in [1.54, 1.807) is 0 Å². The molecule has 2 aliphatic carbocycles. The molecule has 0 unspecified atom stereocenters. The van der Waals surface area contributed by atoms with Crippen molar-refractivity contribution in [1.82, 2.24) is 0 Å². The van der Waals surface area contributed by atoms with Gasteiger partial charge < -0.3 is 4.90 Å². The summed E-state index contributed by atoms with van der Waals surface area (Å²) < 4.78 is 0. The maximum absolute atomic E-state index is 2.46. The van der Waals surface area contributed by atoms with E-state index in [0.717, 1.165) is 0 Å². The van der Waals surface area contributed by atoms with Crippen molar-refractivity contribution >= 4 is 27.8 Å². The summed E-state index contributed by atoms with van der Waals surface area (Å²) >= 11 is 0. The van der Waals surface area contributed by atoms with Gasteiger partial charge in [0, 0.05) is 22.2 Å². The van der Waals surface area contributed by atoms with Crippen LogP contribution in [0.2, 0.25) is 0 Å². The van der Waals surface area contributed by atoms with Gasteiger partial charge in [-0.15, -0.1) is 0 Å². The molecule has 40 heavy (non-hydrogen) atoms. The molecule has 0 amide bonds. The van der Waals surface area contributed by atoms with Crippen LogP contribution in [0.3, 0.4) is 0 Å². The van der Waals surface area contributed by atoms with Crippen LogP contribution in [0, 0.1) is 0 Å². The Morgan fingerprint density at radius 2 is 1.07 bits per heavy atom. The van der Waals surface area contributed by atoms with Crippen LogP contribution in [0.5, 0.6) is 0 Å². The fourth-order valence-electron chi connectivity index (χ4n) is 6.80. The quantitative estimate of drug-likeness (QED) is 0.228. The number of hydrogen-bond donors (Lipinski definition) is 0. The van der Waals surface area contributed by atoms with E-state index < -0.39 is 0 Å². The Morgan fingerprint density at radius 3 is 1.62 bits per heavy atom. The fourth-order valence-corrected chi connectivity index (χ4v) is 6.80. The normalized spacial score (nSPS) is 15.2. The summed E-state index contributed by atoms with van der Waals surface area (Å²) in [6, 6.07) is 39.2. The number of anilines is 3. The first-order valence-corrected chi connectivity index (χ1v) is 14.8. The van der Waals surface area contributed by atoms with E-state index >= 15 is 0 Å². The molecule has 1 saturated carbocycles. The minimum absolute atomic E-state index is 0.115. The zero-order chi connectivity index (χ0) is 27.9. The largest absolute Gasteiger partial charge is 0.310 e. The molecule has 1 heteroatoms. The van der Waals surface area contributed by atoms with Gasteiger partial charge in [-0.3, -0.25) is 0 Å². The lowest BCUT2D eigenvalue weighted by atomic mass is 9.74. The van der Waals surface area contributed by atoms with Crippen molar-refractivity contribution < 1.29 is 0 Å². The standard InChI is InChI=1S/C39H39N/c1-37(2,3)26-14-18-28(19-15-26)40(29-20-16-27(17-21-29)38(4,5)6)35-23-22-34-36-31(11-9-12-32(35)36)30-10-7-8-13-33(30)39(34)24-25-39/h7-23H,24-25H2,1-6H3. The predicted molar refractivity (Wildman–Crippen MR) is 171 cm³/mol. The molecule has 1 spiro atoms. The van der Waals surface area contributed by atoms with Crippen LogP contribution in [0.15, 0.2) is 103 Å². The van der Waals surface area contributed by atoms with Crippen LogP contribution in [-0.2, 0) is 16.2 Å². The third-order valence-electron chi connectivity index (χ3n) is 9.24. The highest BCUT2D eigenvalue weighted by Gasteiger charge is 2.50. The molecule has 0 heterocycles. The van der Waals surface area contributed by atoms with E-state index in [1.807, 2.05) is 0 Å². The lowest BCUT2D eigenvalue weighted by Gasteiger charge is -2.33. The lowest BCUT2D eigenvalue weighted by molar-refractivity contribution is 0.590. The first kappa shape index (κ1) is 25.1. The topological polar surface area (TPSA) is 3.24 Å². The summed E-state index contributed by atoms with van der Waals surface area (Å²) in [7, 11) is 0. The predicted octanol–water partition coefficient (Wildman–Crippen LogP) is 11.0. The van der Waals surface area contributed by atoms with Crippen molar-refractivity contribution in [2.24, 2.45) is 0 Å². The summed E-state index contributed by atoms with van der Waals surface area (Å²) in [6.45, 7) is 13.7. The Morgan fingerprint density at radius 1 is 0.525 bits per heavy atom. The summed E-state index contributed by atoms with van der Waals surface area (Å²) in [5.41, 5.74) is 12.5. The number of nitrogens with zero attached hydrogens (tertiary/aromatic N) is 1. The van der Waals surface area contributed by atoms with Crippen molar-refractivity contribution in [3.8, 4) is 11.1 Å². The van der Waals surface area contributed by atoms with Crippen molar-refractivity contribution in [1.29, 1.82) is 0 Å². The average Bonchev–Trinajstić information content (AvgIpc) is 3.73. The Balaban J connectivity index is 1.47. The van der Waals surface area contributed by atoms with Crippen LogP contribution >= 0.6 is 0 Å². The van der Waals surface area contributed by atoms with Gasteiger partial charge in [-0.2, -0.15) is 0 Å². The first-order chi connectivity index (χ1) is 19.1. The van der Waals surface area contributed by atoms with Gasteiger partial charge in [0.2, 0.25) is 0 Å². The van der Waals surface area contributed by atoms with Crippen LogP contribution < -0.4 is 4.90 Å². The first-order valence-electron chi connectivity index (χ1n) is 14.8. The Labute approximate surface area is 239 Å². The molecular weight excluding hydrogens is 482 g/mol. The van der Waals surface area contributed by atoms with E-state index in [9.17, 15) is 0 Å². The van der Waals surface area contributed by atoms with E-state index in [4.69, 9.17) is 0 Å². The zero-order valence-corrected chi connectivity index (χ0v) is 24.7. The SMILES string of the molecule is CC(C)(C)c1ccc(N(c2ccc(C(C)(C)C)cc2)c2ccc3c4c(cccc24)-c2ccccc2C32CC2)cc1. The minimum Gasteiger partial charge on any atom is -0.310 e. The summed E-state index contributed by atoms with van der Waals surface area (Å²) in [5.74, 6) is 0. The van der Waals surface area contributed by atoms with E-state index in [2.05, 4.69) is 150 Å². The van der Waals surface area contributed by atoms with Gasteiger partial charge in [0.1, 0.15) is 0 Å². The Hall–Kier alpha value is -3.84. The smallest absolute Gasteiger partial charge is 0.0540 e. The molecule has 2 aliphatic rings. The van der Waals surface area contributed by atoms with E-state index in [-0.39, 0.29) is 16.2 Å². The van der Waals surface area contributed by atoms with Gasteiger partial charge in [0.15, 0.2) is 0 Å². The van der Waals surface area contributed by atoms with Crippen molar-refractivity contribution in [2.45, 2.75) is 70.6 Å². The molecule has 0 bridgehead atoms. The third-order valence-corrected chi connectivity index (χ3v) is 9.24. The Kier molecular flexibility index (Phi) is 5.39. The monoisotopic (exact) mass is 521 g/mol. The highest BCUT2D eigenvalue weighted by Crippen LogP contribution is 2.62. The third kappa shape index (κ3) is 3.82. The van der Waals surface area contributed by atoms with Crippen molar-refractivity contribution in [3.63, 3.8) is 0 Å². The molecule has 0 aromatic heterocycles. The van der Waals surface area contributed by atoms with Gasteiger partial charge in [-0.05, 0) is 92.8 Å². The van der Waals surface area contributed by atoms with E-state index in [0.29, 0.717) is 0 Å². The van der Waals surface area contributed by atoms with Gasteiger partial charge in [0.25, 0.3) is 0 Å². The highest BCUT2D eigenvalue weighted by atomic mass is 15.1. The fraction of sp³-hybridized carbons (Fsp3) is 0.282. The molecule has 5 aromatic rings. The summed E-state index contributed by atoms with van der Waals surface area (Å²) in [6.07, 6.45) is 2.47. The molecule has 200 valence electrons. The molecular formula is C39H39N. The molecule has 0 aliphatic heterocycles. The molecule has 7 rings (SSSR count). The van der Waals surface area contributed by atoms with Gasteiger partial charge in [-0.25, -0.2) is 0 Å². The molecule has 0 atom stereocenters. The van der Waals surface area contributed by atoms with Crippen LogP contribution in [0.25, 0.3) is 21.9 Å². The molecule has 1 nitrogen and oxygen atoms in total. The maximum Gasteiger partial charge on any atom is 0.0540 e. The molecule has 1 fully saturated rings. The summed E-state index contributed by atoms with van der Waals surface area (Å²) in [4.78, 5) is 2.46. The second-order valence-corrected chi connectivity index (χ2v) is 13.9. The van der Waals surface area contributed by atoms with Crippen molar-refractivity contribution in [3.05, 3.63) is 125 Å². The summed E-state index contributed by atoms with van der Waals surface area (Å²) in [5, 5.41) is 2.76. The molecule has 0 N–H and O–H groups in total. The number of benzene rings is 5. The van der Waals surface area contributed by atoms with Gasteiger partial charge in [0.05, 0.1) is 5.69 Å². The second kappa shape index (κ2) is 8.58. The van der Waals surface area contributed by atoms with Crippen LogP contribution in [0.1, 0.15) is 76.6 Å². The number of hydrogen-bond acceptors (Lipinski definition) is 1. The second-order valence-electron chi connectivity index (χ2n) is 13.9. The Bertz CT molecular complexity index is 1680. The van der Waals surface area contributed by atoms with E-state index in [1.165, 1.54) is 74.1 Å². The lowest BCUT2D eigenvalue weighted by Crippen LogP contribution is -2.17. The van der Waals surface area contributed by atoms with Gasteiger partial charge >= 0.3 is 0 Å². The minimum atomic E-state index is 0.115. The van der Waals surface area contributed by atoms with Crippen molar-refractivity contribution in [2.75, 3.05) is 4.90 Å². The van der Waals surface area contributed by atoms with Crippen LogP contribution in [0.4, 0.5) is 17.1 Å². The molecule has 0 saturated heterocycles. The molecule has 0 radical (unpaired) electrons. The van der Waals surface area contributed by atoms with Gasteiger partial charge in [-0.1, -0.05) is 114 Å². The van der Waals surface area contributed by atoms with Crippen LogP contribution in [-0.4, -0.2) is 0 Å². The average molecular weight is 522 g/mol. The zero-order valence-electron chi connectivity index (χ0n) is 24.7. The molecule has 5 aromatic carbocycles. The maximum atomic E-state index is 2.46. The highest BCUT2D eigenvalue weighted by molar-refractivity contribution is 6.10. The number of rotatable bonds is 3. The number of fused-ring (bicyclic) bond motifs is 4.